The molecule has 0 bridgehead atoms. The van der Waals surface area contributed by atoms with Crippen LogP contribution in [0.3, 0.4) is 0 Å². The highest BCUT2D eigenvalue weighted by Gasteiger charge is 2.20. The van der Waals surface area contributed by atoms with Crippen LogP contribution >= 0.6 is 0 Å². The molecule has 0 unspecified atom stereocenters. The lowest BCUT2D eigenvalue weighted by Crippen LogP contribution is -3.00. The van der Waals surface area contributed by atoms with Gasteiger partial charge in [-0.1, -0.05) is 75.5 Å². The van der Waals surface area contributed by atoms with E-state index in [4.69, 9.17) is 4.74 Å². The van der Waals surface area contributed by atoms with Crippen molar-refractivity contribution in [3.8, 4) is 0 Å². The van der Waals surface area contributed by atoms with Gasteiger partial charge in [0.2, 0.25) is 5.91 Å². The first-order chi connectivity index (χ1) is 16.2. The maximum atomic E-state index is 12.2. The summed E-state index contributed by atoms with van der Waals surface area (Å²) in [6.07, 6.45) is 19.1. The zero-order valence-corrected chi connectivity index (χ0v) is 24.5. The van der Waals surface area contributed by atoms with E-state index in [1.165, 1.54) is 56.1 Å². The van der Waals surface area contributed by atoms with Gasteiger partial charge in [0.1, 0.15) is 6.61 Å². The van der Waals surface area contributed by atoms with Crippen LogP contribution in [0.1, 0.15) is 111 Å². The summed E-state index contributed by atoms with van der Waals surface area (Å²) in [5.74, 6) is -0.0212. The van der Waals surface area contributed by atoms with E-state index in [0.29, 0.717) is 30.6 Å². The largest absolute Gasteiger partial charge is 1.00 e. The highest BCUT2D eigenvalue weighted by Crippen LogP contribution is 2.10. The molecule has 5 nitrogen and oxygen atoms in total. The molecule has 0 fully saturated rings. The maximum absolute atomic E-state index is 12.2. The Morgan fingerprint density at radius 3 is 2.03 bits per heavy atom. The number of halogens is 1. The quantitative estimate of drug-likeness (QED) is 0.110. The summed E-state index contributed by atoms with van der Waals surface area (Å²) < 4.78 is 5.97. The average Bonchev–Trinajstić information content (AvgIpc) is 2.75. The molecule has 0 aromatic heterocycles. The number of amides is 1. The van der Waals surface area contributed by atoms with Crippen LogP contribution in [-0.4, -0.2) is 56.7 Å². The molecule has 0 radical (unpaired) electrons. The number of rotatable bonds is 21. The molecule has 0 aliphatic heterocycles. The Bertz CT molecular complexity index is 611. The molecular weight excluding hydrogens is 460 g/mol. The van der Waals surface area contributed by atoms with Gasteiger partial charge in [-0.2, -0.15) is 0 Å². The second-order valence-electron chi connectivity index (χ2n) is 10.7. The van der Waals surface area contributed by atoms with Crippen LogP contribution in [0.4, 0.5) is 0 Å². The molecule has 1 amide bonds. The lowest BCUT2D eigenvalue weighted by molar-refractivity contribution is -0.883. The molecular formula is C29H55ClN2O3. The van der Waals surface area contributed by atoms with Crippen molar-refractivity contribution in [2.75, 3.05) is 40.3 Å². The Hall–Kier alpha value is -1.33. The molecule has 0 aromatic rings. The summed E-state index contributed by atoms with van der Waals surface area (Å²) in [5, 5.41) is 3.03. The first kappa shape index (κ1) is 35.8. The van der Waals surface area contributed by atoms with E-state index in [2.05, 4.69) is 39.1 Å². The summed E-state index contributed by atoms with van der Waals surface area (Å²) >= 11 is 0. The summed E-state index contributed by atoms with van der Waals surface area (Å²) in [4.78, 5) is 24.2. The number of carbonyl (C=O) groups is 2. The molecule has 0 aromatic carbocycles. The third kappa shape index (κ3) is 25.6. The van der Waals surface area contributed by atoms with Gasteiger partial charge in [-0.3, -0.25) is 4.79 Å². The summed E-state index contributed by atoms with van der Waals surface area (Å²) in [7, 11) is 4.07. The fourth-order valence-electron chi connectivity index (χ4n) is 3.86. The van der Waals surface area contributed by atoms with Crippen molar-refractivity contribution in [3.63, 3.8) is 0 Å². The third-order valence-corrected chi connectivity index (χ3v) is 6.09. The lowest BCUT2D eigenvalue weighted by atomic mass is 10.1. The average molecular weight is 515 g/mol. The van der Waals surface area contributed by atoms with Crippen LogP contribution < -0.4 is 17.7 Å². The van der Waals surface area contributed by atoms with Crippen molar-refractivity contribution in [1.82, 2.24) is 5.32 Å². The van der Waals surface area contributed by atoms with Gasteiger partial charge in [0.25, 0.3) is 0 Å². The number of hydrogen-bond donors (Lipinski definition) is 1. The molecule has 0 atom stereocenters. The van der Waals surface area contributed by atoms with Crippen LogP contribution in [-0.2, 0) is 14.3 Å². The monoisotopic (exact) mass is 514 g/mol. The number of unbranched alkanes of at least 4 members (excludes halogenated alkanes) is 8. The molecule has 0 saturated heterocycles. The lowest BCUT2D eigenvalue weighted by Gasteiger charge is -2.28. The summed E-state index contributed by atoms with van der Waals surface area (Å²) in [6.45, 7) is 10.7. The minimum absolute atomic E-state index is 0. The predicted molar refractivity (Wildman–Crippen MR) is 145 cm³/mol. The molecule has 0 saturated carbocycles. The number of allylic oxidation sites excluding steroid dienone is 3. The van der Waals surface area contributed by atoms with Gasteiger partial charge in [0.15, 0.2) is 6.54 Å². The molecule has 35 heavy (non-hydrogen) atoms. The molecule has 206 valence electrons. The molecule has 0 aliphatic carbocycles. The number of nitrogens with one attached hydrogen (secondary N) is 1. The Morgan fingerprint density at radius 1 is 0.829 bits per heavy atom. The van der Waals surface area contributed by atoms with Crippen molar-refractivity contribution >= 4 is 11.9 Å². The van der Waals surface area contributed by atoms with E-state index in [0.717, 1.165) is 38.6 Å². The molecule has 0 rings (SSSR count). The van der Waals surface area contributed by atoms with Crippen LogP contribution in [0.25, 0.3) is 0 Å². The van der Waals surface area contributed by atoms with Gasteiger partial charge in [0.05, 0.1) is 20.6 Å². The molecule has 1 N–H and O–H groups in total. The Labute approximate surface area is 223 Å². The first-order valence-electron chi connectivity index (χ1n) is 13.7. The van der Waals surface area contributed by atoms with Gasteiger partial charge < -0.3 is 26.9 Å². The van der Waals surface area contributed by atoms with E-state index in [1.807, 2.05) is 20.2 Å². The normalized spacial score (nSPS) is 11.5. The third-order valence-electron chi connectivity index (χ3n) is 6.09. The minimum Gasteiger partial charge on any atom is -1.00 e. The van der Waals surface area contributed by atoms with Crippen molar-refractivity contribution in [1.29, 1.82) is 0 Å². The first-order valence-corrected chi connectivity index (χ1v) is 13.7. The number of hydrogen-bond acceptors (Lipinski definition) is 3. The highest BCUT2D eigenvalue weighted by atomic mass is 35.5. The van der Waals surface area contributed by atoms with Crippen LogP contribution in [0.2, 0.25) is 0 Å². The topological polar surface area (TPSA) is 55.4 Å². The second-order valence-corrected chi connectivity index (χ2v) is 10.7. The Balaban J connectivity index is 0. The number of quaternary nitrogens is 1. The zero-order chi connectivity index (χ0) is 25.7. The van der Waals surface area contributed by atoms with Crippen molar-refractivity contribution in [2.45, 2.75) is 111 Å². The van der Waals surface area contributed by atoms with Crippen molar-refractivity contribution in [2.24, 2.45) is 0 Å². The van der Waals surface area contributed by atoms with Gasteiger partial charge in [-0.25, -0.2) is 4.79 Å². The van der Waals surface area contributed by atoms with E-state index in [-0.39, 0.29) is 24.3 Å². The smallest absolute Gasteiger partial charge is 0.362 e. The minimum atomic E-state index is -0.173. The van der Waals surface area contributed by atoms with Crippen LogP contribution in [0.5, 0.6) is 0 Å². The number of nitrogens with zero attached hydrogens (tertiary/aromatic N) is 1. The molecule has 0 heterocycles. The Kier molecular flexibility index (Phi) is 23.6. The van der Waals surface area contributed by atoms with Crippen LogP contribution in [0, 0.1) is 0 Å². The molecule has 0 spiro atoms. The van der Waals surface area contributed by atoms with Gasteiger partial charge in [-0.05, 0) is 46.1 Å². The van der Waals surface area contributed by atoms with Gasteiger partial charge in [-0.15, -0.1) is 0 Å². The second kappa shape index (κ2) is 23.1. The maximum Gasteiger partial charge on any atom is 0.362 e. The molecule has 0 aliphatic rings. The van der Waals surface area contributed by atoms with E-state index in [9.17, 15) is 9.59 Å². The summed E-state index contributed by atoms with van der Waals surface area (Å²) in [5.41, 5.74) is 2.58. The zero-order valence-electron chi connectivity index (χ0n) is 23.7. The Morgan fingerprint density at radius 2 is 1.43 bits per heavy atom. The van der Waals surface area contributed by atoms with Crippen LogP contribution in [0.15, 0.2) is 23.3 Å². The van der Waals surface area contributed by atoms with Crippen molar-refractivity contribution in [3.05, 3.63) is 23.3 Å². The number of ether oxygens (including phenoxy) is 1. The molecule has 6 heteroatoms. The number of likely N-dealkylation sites (N-methyl/N-ethyl adjacent to an activating group) is 1. The van der Waals surface area contributed by atoms with E-state index < -0.39 is 0 Å². The highest BCUT2D eigenvalue weighted by molar-refractivity contribution is 5.75. The predicted octanol–water partition coefficient (Wildman–Crippen LogP) is 3.73. The van der Waals surface area contributed by atoms with Gasteiger partial charge in [0, 0.05) is 19.4 Å². The summed E-state index contributed by atoms with van der Waals surface area (Å²) in [6, 6.07) is 0. The number of carbonyl (C=O) groups excluding carboxylic acids is 2. The fraction of sp³-hybridized carbons (Fsp3) is 0.793. The number of esters is 1. The van der Waals surface area contributed by atoms with Gasteiger partial charge >= 0.3 is 5.97 Å². The van der Waals surface area contributed by atoms with Crippen molar-refractivity contribution < 1.29 is 31.2 Å². The fourth-order valence-corrected chi connectivity index (χ4v) is 3.86. The van der Waals surface area contributed by atoms with E-state index >= 15 is 0 Å². The standard InChI is InChI=1S/C29H54N2O3.ClH/c1-7-8-9-10-11-12-13-14-15-20-28(32)30-22-17-23-31(5,6)25-29(33)34-24-21-27(4)19-16-18-26(2)3;/h18,21H,7-17,19-20,22-25H2,1-6H3;1H/b27-21+;. The van der Waals surface area contributed by atoms with E-state index in [1.54, 1.807) is 0 Å². The SMILES string of the molecule is CCCCCCCCCCCC(=O)NCCC[N+](C)(C)CC(=O)OC/C=C(\C)CCC=C(C)C.[Cl-].